The first-order valence-corrected chi connectivity index (χ1v) is 13.8. The summed E-state index contributed by atoms with van der Waals surface area (Å²) in [7, 11) is 3.43. The summed E-state index contributed by atoms with van der Waals surface area (Å²) in [6.07, 6.45) is 3.81. The summed E-state index contributed by atoms with van der Waals surface area (Å²) in [4.78, 5) is 9.85. The Morgan fingerprint density at radius 2 is 1.77 bits per heavy atom. The first-order chi connectivity index (χ1) is 19.4. The number of rotatable bonds is 6. The van der Waals surface area contributed by atoms with Gasteiger partial charge in [0.05, 0.1) is 48.2 Å². The van der Waals surface area contributed by atoms with Crippen LogP contribution in [0.4, 0.5) is 0 Å². The zero-order valence-corrected chi connectivity index (χ0v) is 24.2. The molecule has 40 heavy (non-hydrogen) atoms. The van der Waals surface area contributed by atoms with Crippen LogP contribution in [-0.2, 0) is 9.47 Å². The maximum Gasteiger partial charge on any atom is 0.141 e. The van der Waals surface area contributed by atoms with E-state index in [4.69, 9.17) is 28.7 Å². The molecule has 1 fully saturated rings. The highest BCUT2D eigenvalue weighted by molar-refractivity contribution is 6.05. The second kappa shape index (κ2) is 12.2. The van der Waals surface area contributed by atoms with E-state index in [-0.39, 0.29) is 6.04 Å². The largest absolute Gasteiger partial charge is 0.496 e. The molecule has 1 saturated heterocycles. The molecular weight excluding hydrogens is 504 g/mol. The minimum atomic E-state index is 0.122. The van der Waals surface area contributed by atoms with Crippen molar-refractivity contribution in [3.8, 4) is 16.9 Å². The van der Waals surface area contributed by atoms with Crippen molar-refractivity contribution >= 4 is 21.9 Å². The standard InChI is InChI=1S/C25H30N4O4.C7H8/c1-14(13-30-4)29-24-18-11-22(31-5)19(23-15(2)28-33-16(23)3)10-20(18)26-12-21(24)27-25(29)17-6-8-32-9-7-17;1-7-5-3-2-4-6-7/h10-12,14,17H,6-9,13H2,1-5H3;2-6H,1H3. The predicted molar refractivity (Wildman–Crippen MR) is 157 cm³/mol. The number of nitrogens with zero attached hydrogens (tertiary/aromatic N) is 4. The van der Waals surface area contributed by atoms with Crippen LogP contribution < -0.4 is 4.74 Å². The monoisotopic (exact) mass is 542 g/mol. The number of imidazole rings is 1. The molecule has 0 radical (unpaired) electrons. The molecule has 1 atom stereocenters. The van der Waals surface area contributed by atoms with Gasteiger partial charge in [-0.15, -0.1) is 0 Å². The fourth-order valence-electron chi connectivity index (χ4n) is 5.59. The highest BCUT2D eigenvalue weighted by Gasteiger charge is 2.27. The van der Waals surface area contributed by atoms with Gasteiger partial charge in [-0.1, -0.05) is 41.1 Å². The number of hydrogen-bond acceptors (Lipinski definition) is 7. The zero-order chi connectivity index (χ0) is 28.2. The van der Waals surface area contributed by atoms with E-state index in [9.17, 15) is 0 Å². The molecule has 6 rings (SSSR count). The summed E-state index contributed by atoms with van der Waals surface area (Å²) in [6.45, 7) is 10.2. The highest BCUT2D eigenvalue weighted by Crippen LogP contribution is 2.40. The van der Waals surface area contributed by atoms with Gasteiger partial charge in [0.25, 0.3) is 0 Å². The first-order valence-electron chi connectivity index (χ1n) is 13.8. The van der Waals surface area contributed by atoms with E-state index in [0.29, 0.717) is 12.5 Å². The molecule has 1 unspecified atom stereocenters. The Labute approximate surface area is 235 Å². The number of benzene rings is 2. The normalized spacial score (nSPS) is 14.8. The van der Waals surface area contributed by atoms with E-state index >= 15 is 0 Å². The van der Waals surface area contributed by atoms with Crippen molar-refractivity contribution in [2.75, 3.05) is 34.0 Å². The summed E-state index contributed by atoms with van der Waals surface area (Å²) in [5, 5.41) is 5.13. The van der Waals surface area contributed by atoms with Gasteiger partial charge in [0, 0.05) is 37.2 Å². The number of aryl methyl sites for hydroxylation is 3. The van der Waals surface area contributed by atoms with Crippen LogP contribution in [0.1, 0.15) is 54.6 Å². The van der Waals surface area contributed by atoms with Crippen LogP contribution in [0.15, 0.2) is 53.2 Å². The Bertz CT molecular complexity index is 1570. The van der Waals surface area contributed by atoms with Crippen molar-refractivity contribution in [3.05, 3.63) is 71.5 Å². The van der Waals surface area contributed by atoms with E-state index in [0.717, 1.165) is 82.1 Å². The van der Waals surface area contributed by atoms with Crippen LogP contribution in [0.25, 0.3) is 33.1 Å². The van der Waals surface area contributed by atoms with Crippen LogP contribution in [-0.4, -0.2) is 53.7 Å². The summed E-state index contributed by atoms with van der Waals surface area (Å²) in [6, 6.07) is 14.5. The van der Waals surface area contributed by atoms with Crippen LogP contribution in [0.3, 0.4) is 0 Å². The Hall–Kier alpha value is -3.75. The molecule has 1 aliphatic rings. The molecule has 8 heteroatoms. The molecule has 0 bridgehead atoms. The van der Waals surface area contributed by atoms with Gasteiger partial charge in [-0.2, -0.15) is 0 Å². The van der Waals surface area contributed by atoms with Crippen LogP contribution in [0.5, 0.6) is 5.75 Å². The van der Waals surface area contributed by atoms with Crippen LogP contribution in [0.2, 0.25) is 0 Å². The number of hydrogen-bond donors (Lipinski definition) is 0. The first kappa shape index (κ1) is 27.8. The SMILES string of the molecule is COCC(C)n1c(C2CCOCC2)nc2cnc3cc(-c4c(C)noc4C)c(OC)cc3c21.Cc1ccccc1. The Morgan fingerprint density at radius 3 is 2.38 bits per heavy atom. The van der Waals surface area contributed by atoms with E-state index in [2.05, 4.69) is 47.8 Å². The number of methoxy groups -OCH3 is 2. The third-order valence-corrected chi connectivity index (χ3v) is 7.54. The Balaban J connectivity index is 0.000000403. The number of pyridine rings is 1. The van der Waals surface area contributed by atoms with Gasteiger partial charge in [-0.3, -0.25) is 4.98 Å². The third-order valence-electron chi connectivity index (χ3n) is 7.54. The molecule has 4 heterocycles. The van der Waals surface area contributed by atoms with Gasteiger partial charge < -0.3 is 23.3 Å². The molecular formula is C32H38N4O4. The van der Waals surface area contributed by atoms with Gasteiger partial charge in [0.1, 0.15) is 22.9 Å². The van der Waals surface area contributed by atoms with E-state index in [1.807, 2.05) is 38.2 Å². The molecule has 1 aliphatic heterocycles. The van der Waals surface area contributed by atoms with Gasteiger partial charge in [0.2, 0.25) is 0 Å². The van der Waals surface area contributed by atoms with Crippen molar-refractivity contribution in [3.63, 3.8) is 0 Å². The van der Waals surface area contributed by atoms with E-state index in [1.54, 1.807) is 14.2 Å². The molecule has 0 aliphatic carbocycles. The molecule has 0 spiro atoms. The van der Waals surface area contributed by atoms with Crippen LogP contribution in [0, 0.1) is 20.8 Å². The highest BCUT2D eigenvalue weighted by atomic mass is 16.5. The topological polar surface area (TPSA) is 84.4 Å². The van der Waals surface area contributed by atoms with E-state index < -0.39 is 0 Å². The quantitative estimate of drug-likeness (QED) is 0.229. The number of aromatic nitrogens is 4. The fraction of sp³-hybridized carbons (Fsp3) is 0.406. The molecule has 8 nitrogen and oxygen atoms in total. The predicted octanol–water partition coefficient (Wildman–Crippen LogP) is 6.96. The van der Waals surface area contributed by atoms with Crippen molar-refractivity contribution in [1.82, 2.24) is 19.7 Å². The number of fused-ring (bicyclic) bond motifs is 3. The lowest BCUT2D eigenvalue weighted by Gasteiger charge is -2.25. The molecule has 0 amide bonds. The van der Waals surface area contributed by atoms with Crippen molar-refractivity contribution in [1.29, 1.82) is 0 Å². The summed E-state index contributed by atoms with van der Waals surface area (Å²) in [5.41, 5.74) is 6.85. The van der Waals surface area contributed by atoms with Crippen molar-refractivity contribution in [2.24, 2.45) is 0 Å². The third kappa shape index (κ3) is 5.46. The van der Waals surface area contributed by atoms with Crippen molar-refractivity contribution < 1.29 is 18.7 Å². The minimum Gasteiger partial charge on any atom is -0.496 e. The van der Waals surface area contributed by atoms with E-state index in [1.165, 1.54) is 5.56 Å². The lowest BCUT2D eigenvalue weighted by molar-refractivity contribution is 0.0817. The second-order valence-electron chi connectivity index (χ2n) is 10.4. The summed E-state index contributed by atoms with van der Waals surface area (Å²) < 4.78 is 24.7. The summed E-state index contributed by atoms with van der Waals surface area (Å²) >= 11 is 0. The average Bonchev–Trinajstić information content (AvgIpc) is 3.53. The minimum absolute atomic E-state index is 0.122. The van der Waals surface area contributed by atoms with Gasteiger partial charge >= 0.3 is 0 Å². The maximum absolute atomic E-state index is 5.84. The summed E-state index contributed by atoms with van der Waals surface area (Å²) in [5.74, 6) is 2.95. The smallest absolute Gasteiger partial charge is 0.141 e. The van der Waals surface area contributed by atoms with Gasteiger partial charge in [-0.05, 0) is 52.7 Å². The van der Waals surface area contributed by atoms with Crippen molar-refractivity contribution in [2.45, 2.75) is 52.5 Å². The molecule has 0 N–H and O–H groups in total. The van der Waals surface area contributed by atoms with Gasteiger partial charge in [0.15, 0.2) is 0 Å². The molecule has 5 aromatic rings. The lowest BCUT2D eigenvalue weighted by atomic mass is 9.99. The Kier molecular flexibility index (Phi) is 8.47. The average molecular weight is 543 g/mol. The fourth-order valence-corrected chi connectivity index (χ4v) is 5.59. The maximum atomic E-state index is 5.84. The lowest BCUT2D eigenvalue weighted by Crippen LogP contribution is -2.21. The molecule has 0 saturated carbocycles. The zero-order valence-electron chi connectivity index (χ0n) is 24.2. The molecule has 2 aromatic carbocycles. The molecule has 210 valence electrons. The van der Waals surface area contributed by atoms with Crippen LogP contribution >= 0.6 is 0 Å². The number of ether oxygens (including phenoxy) is 3. The molecule has 3 aromatic heterocycles. The second-order valence-corrected chi connectivity index (χ2v) is 10.4. The van der Waals surface area contributed by atoms with Gasteiger partial charge in [-0.25, -0.2) is 4.98 Å². The Morgan fingerprint density at radius 1 is 1.02 bits per heavy atom.